The third kappa shape index (κ3) is 1.58. The Morgan fingerprint density at radius 1 is 0.727 bits per heavy atom. The van der Waals surface area contributed by atoms with Crippen LogP contribution in [0.25, 0.3) is 0 Å². The maximum atomic E-state index is 2.47. The topological polar surface area (TPSA) is 0 Å². The maximum absolute atomic E-state index is 2.47. The summed E-state index contributed by atoms with van der Waals surface area (Å²) in [5.41, 5.74) is 0. The molecule has 0 atom stereocenters. The third-order valence-corrected chi connectivity index (χ3v) is 3.38. The normalized spacial score (nSPS) is 30.5. The minimum atomic E-state index is 1.38. The highest BCUT2D eigenvalue weighted by Gasteiger charge is 2.30. The van der Waals surface area contributed by atoms with E-state index in [1.54, 1.807) is 0 Å². The van der Waals surface area contributed by atoms with E-state index in [2.05, 4.69) is 6.42 Å². The molecule has 1 spiro atoms. The molecular weight excluding hydrogens is 134 g/mol. The Balaban J connectivity index is 1.94. The van der Waals surface area contributed by atoms with E-state index in [0.717, 1.165) is 0 Å². The van der Waals surface area contributed by atoms with Gasteiger partial charge in [0.15, 0.2) is 0 Å². The Hall–Kier alpha value is -0.0400. The number of hydrogen-bond donors (Lipinski definition) is 0. The molecule has 1 heteroatoms. The zero-order chi connectivity index (χ0) is 7.57. The highest BCUT2D eigenvalue weighted by Crippen LogP contribution is 2.24. The fourth-order valence-corrected chi connectivity index (χ4v) is 2.62. The van der Waals surface area contributed by atoms with Crippen LogP contribution >= 0.6 is 0 Å². The van der Waals surface area contributed by atoms with Crippen molar-refractivity contribution in [2.75, 3.05) is 26.2 Å². The lowest BCUT2D eigenvalue weighted by molar-refractivity contribution is -0.935. The van der Waals surface area contributed by atoms with Gasteiger partial charge < -0.3 is 4.48 Å². The highest BCUT2D eigenvalue weighted by atomic mass is 15.4. The number of rotatable bonds is 0. The molecule has 2 fully saturated rings. The Morgan fingerprint density at radius 3 is 2.00 bits per heavy atom. The molecule has 1 nitrogen and oxygen atoms in total. The van der Waals surface area contributed by atoms with Gasteiger partial charge in [0, 0.05) is 0 Å². The molecule has 0 saturated carbocycles. The monoisotopic (exact) mass is 153 g/mol. The van der Waals surface area contributed by atoms with Crippen molar-refractivity contribution >= 4 is 0 Å². The average Bonchev–Trinajstić information content (AvgIpc) is 2.07. The van der Waals surface area contributed by atoms with E-state index in [9.17, 15) is 0 Å². The predicted octanol–water partition coefficient (Wildman–Crippen LogP) is 1.99. The molecule has 0 bridgehead atoms. The van der Waals surface area contributed by atoms with Gasteiger partial charge in [-0.2, -0.15) is 0 Å². The Kier molecular flexibility index (Phi) is 2.17. The summed E-state index contributed by atoms with van der Waals surface area (Å²) in [5.74, 6) is 0. The molecule has 2 rings (SSSR count). The molecule has 2 heterocycles. The van der Waals surface area contributed by atoms with Gasteiger partial charge in [-0.25, -0.2) is 0 Å². The van der Waals surface area contributed by atoms with Crippen LogP contribution in [0.1, 0.15) is 32.1 Å². The quantitative estimate of drug-likeness (QED) is 0.467. The number of quaternary nitrogens is 1. The molecule has 0 amide bonds. The van der Waals surface area contributed by atoms with Crippen LogP contribution in [0.4, 0.5) is 0 Å². The van der Waals surface area contributed by atoms with E-state index in [4.69, 9.17) is 0 Å². The van der Waals surface area contributed by atoms with Crippen molar-refractivity contribution in [2.45, 2.75) is 32.1 Å². The molecular formula is C10H19N+. The summed E-state index contributed by atoms with van der Waals surface area (Å²) in [4.78, 5) is 0. The van der Waals surface area contributed by atoms with E-state index in [-0.39, 0.29) is 0 Å². The van der Waals surface area contributed by atoms with Crippen LogP contribution in [-0.4, -0.2) is 30.7 Å². The smallest absolute Gasteiger partial charge is 0.0789 e. The molecule has 0 N–H and O–H groups in total. The number of hydrogen-bond acceptors (Lipinski definition) is 0. The first-order chi connectivity index (χ1) is 5.41. The lowest BCUT2D eigenvalue weighted by atomic mass is 10.0. The number of piperidine rings is 2. The van der Waals surface area contributed by atoms with E-state index in [1.807, 2.05) is 0 Å². The van der Waals surface area contributed by atoms with E-state index in [1.165, 1.54) is 62.8 Å². The second-order valence-corrected chi connectivity index (χ2v) is 4.16. The van der Waals surface area contributed by atoms with Crippen molar-refractivity contribution in [3.63, 3.8) is 0 Å². The lowest BCUT2D eigenvalue weighted by Gasteiger charge is -2.44. The second kappa shape index (κ2) is 3.14. The summed E-state index contributed by atoms with van der Waals surface area (Å²) in [5, 5.41) is 0. The van der Waals surface area contributed by atoms with Crippen molar-refractivity contribution in [1.82, 2.24) is 0 Å². The molecule has 0 aromatic rings. The van der Waals surface area contributed by atoms with Gasteiger partial charge in [0.2, 0.25) is 0 Å². The van der Waals surface area contributed by atoms with Crippen LogP contribution in [0, 0.1) is 6.42 Å². The molecule has 1 radical (unpaired) electrons. The standard InChI is InChI=1S/C10H19N/c1-3-7-11(8-4-1)9-5-2-6-10-11/h1H,2-10H2/q+1. The summed E-state index contributed by atoms with van der Waals surface area (Å²) in [6, 6.07) is 0. The van der Waals surface area contributed by atoms with Gasteiger partial charge in [-0.05, 0) is 38.5 Å². The summed E-state index contributed by atoms with van der Waals surface area (Å²) < 4.78 is 1.47. The second-order valence-electron chi connectivity index (χ2n) is 4.16. The summed E-state index contributed by atoms with van der Waals surface area (Å²) in [6.45, 7) is 5.85. The van der Waals surface area contributed by atoms with Crippen molar-refractivity contribution < 1.29 is 4.48 Å². The molecule has 0 aromatic heterocycles. The predicted molar refractivity (Wildman–Crippen MR) is 47.1 cm³/mol. The fraction of sp³-hybridized carbons (Fsp3) is 0.900. The molecule has 0 unspecified atom stereocenters. The fourth-order valence-electron chi connectivity index (χ4n) is 2.62. The number of nitrogens with zero attached hydrogens (tertiary/aromatic N) is 1. The van der Waals surface area contributed by atoms with Gasteiger partial charge in [0.25, 0.3) is 0 Å². The molecule has 11 heavy (non-hydrogen) atoms. The summed E-state index contributed by atoms with van der Waals surface area (Å²) >= 11 is 0. The Bertz CT molecular complexity index is 99.3. The summed E-state index contributed by atoms with van der Waals surface area (Å²) in [6.07, 6.45) is 9.68. The summed E-state index contributed by atoms with van der Waals surface area (Å²) in [7, 11) is 0. The first-order valence-corrected chi connectivity index (χ1v) is 5.08. The SMILES string of the molecule is [CH]1CC[N+]2(CC1)CCCCC2. The largest absolute Gasteiger partial charge is 0.324 e. The highest BCUT2D eigenvalue weighted by molar-refractivity contribution is 4.71. The van der Waals surface area contributed by atoms with Crippen molar-refractivity contribution in [2.24, 2.45) is 0 Å². The zero-order valence-electron chi connectivity index (χ0n) is 7.39. The van der Waals surface area contributed by atoms with E-state index < -0.39 is 0 Å². The van der Waals surface area contributed by atoms with Gasteiger partial charge in [0.05, 0.1) is 26.2 Å². The Morgan fingerprint density at radius 2 is 1.36 bits per heavy atom. The van der Waals surface area contributed by atoms with Gasteiger partial charge in [-0.1, -0.05) is 0 Å². The van der Waals surface area contributed by atoms with Crippen LogP contribution in [0.2, 0.25) is 0 Å². The van der Waals surface area contributed by atoms with Gasteiger partial charge >= 0.3 is 0 Å². The minimum Gasteiger partial charge on any atom is -0.324 e. The van der Waals surface area contributed by atoms with Crippen molar-refractivity contribution in [3.05, 3.63) is 6.42 Å². The molecule has 2 aliphatic heterocycles. The van der Waals surface area contributed by atoms with Gasteiger partial charge in [0.1, 0.15) is 0 Å². The van der Waals surface area contributed by atoms with Gasteiger partial charge in [-0.3, -0.25) is 0 Å². The van der Waals surface area contributed by atoms with Crippen LogP contribution in [0.5, 0.6) is 0 Å². The van der Waals surface area contributed by atoms with Crippen LogP contribution in [0.3, 0.4) is 0 Å². The maximum Gasteiger partial charge on any atom is 0.0789 e. The molecule has 2 saturated heterocycles. The Labute approximate surface area is 70.0 Å². The van der Waals surface area contributed by atoms with Crippen molar-refractivity contribution in [1.29, 1.82) is 0 Å². The molecule has 0 aliphatic carbocycles. The molecule has 63 valence electrons. The molecule has 2 aliphatic rings. The van der Waals surface area contributed by atoms with E-state index in [0.29, 0.717) is 0 Å². The van der Waals surface area contributed by atoms with Gasteiger partial charge in [-0.15, -0.1) is 0 Å². The van der Waals surface area contributed by atoms with Crippen LogP contribution < -0.4 is 0 Å². The lowest BCUT2D eigenvalue weighted by Crippen LogP contribution is -2.54. The first kappa shape index (κ1) is 7.60. The van der Waals surface area contributed by atoms with Crippen LogP contribution in [-0.2, 0) is 0 Å². The average molecular weight is 153 g/mol. The third-order valence-electron chi connectivity index (χ3n) is 3.38. The van der Waals surface area contributed by atoms with E-state index >= 15 is 0 Å². The zero-order valence-corrected chi connectivity index (χ0v) is 7.39. The first-order valence-electron chi connectivity index (χ1n) is 5.08. The van der Waals surface area contributed by atoms with Crippen molar-refractivity contribution in [3.8, 4) is 0 Å². The minimum absolute atomic E-state index is 1.38. The molecule has 0 aromatic carbocycles. The van der Waals surface area contributed by atoms with Crippen LogP contribution in [0.15, 0.2) is 0 Å².